The fraction of sp³-hybridized carbons (Fsp3) is 0.419. The summed E-state index contributed by atoms with van der Waals surface area (Å²) < 4.78 is 16.8. The Labute approximate surface area is 225 Å². The van der Waals surface area contributed by atoms with Crippen LogP contribution in [0.5, 0.6) is 5.75 Å². The number of carbonyl (C=O) groups is 2. The quantitative estimate of drug-likeness (QED) is 0.109. The Morgan fingerprint density at radius 3 is 2.37 bits per heavy atom. The minimum Gasteiger partial charge on any atom is -0.462 e. The van der Waals surface area contributed by atoms with Crippen LogP contribution in [-0.4, -0.2) is 31.3 Å². The number of ether oxygens (including phenoxy) is 3. The van der Waals surface area contributed by atoms with E-state index in [0.717, 1.165) is 56.1 Å². The lowest BCUT2D eigenvalue weighted by Gasteiger charge is -2.26. The van der Waals surface area contributed by atoms with Crippen molar-refractivity contribution in [3.8, 4) is 5.75 Å². The van der Waals surface area contributed by atoms with Gasteiger partial charge in [0.05, 0.1) is 25.2 Å². The van der Waals surface area contributed by atoms with Crippen molar-refractivity contribution >= 4 is 29.4 Å². The van der Waals surface area contributed by atoms with Crippen molar-refractivity contribution in [2.75, 3.05) is 24.7 Å². The highest BCUT2D eigenvalue weighted by molar-refractivity contribution is 5.87. The van der Waals surface area contributed by atoms with E-state index in [1.807, 2.05) is 12.1 Å². The zero-order valence-electron chi connectivity index (χ0n) is 22.3. The van der Waals surface area contributed by atoms with E-state index >= 15 is 0 Å². The van der Waals surface area contributed by atoms with Gasteiger partial charge < -0.3 is 25.7 Å². The molecule has 3 rings (SSSR count). The minimum atomic E-state index is -0.424. The Balaban J connectivity index is 1.47. The van der Waals surface area contributed by atoms with Gasteiger partial charge in [-0.3, -0.25) is 4.79 Å². The van der Waals surface area contributed by atoms with Gasteiger partial charge in [-0.05, 0) is 79.6 Å². The summed E-state index contributed by atoms with van der Waals surface area (Å²) in [5.74, 6) is -0.232. The molecule has 4 N–H and O–H groups in total. The first-order chi connectivity index (χ1) is 18.4. The molecule has 0 spiro atoms. The minimum absolute atomic E-state index is 0.0294. The first kappa shape index (κ1) is 29.0. The van der Waals surface area contributed by atoms with Gasteiger partial charge in [-0.25, -0.2) is 4.79 Å². The summed E-state index contributed by atoms with van der Waals surface area (Å²) >= 11 is 0. The monoisotopic (exact) mass is 520 g/mol. The molecule has 0 radical (unpaired) electrons. The lowest BCUT2D eigenvalue weighted by Crippen LogP contribution is -2.28. The number of rotatable bonds is 13. The molecule has 0 aromatic heterocycles. The Morgan fingerprint density at radius 2 is 1.74 bits per heavy atom. The summed E-state index contributed by atoms with van der Waals surface area (Å²) in [6, 6.07) is 12.5. The van der Waals surface area contributed by atoms with E-state index in [1.165, 1.54) is 6.08 Å². The van der Waals surface area contributed by atoms with Crippen LogP contribution in [-0.2, 0) is 19.1 Å². The molecule has 7 nitrogen and oxygen atoms in total. The fourth-order valence-corrected chi connectivity index (χ4v) is 4.65. The van der Waals surface area contributed by atoms with E-state index in [0.29, 0.717) is 23.7 Å². The topological polar surface area (TPSA) is 114 Å². The fourth-order valence-electron chi connectivity index (χ4n) is 4.65. The summed E-state index contributed by atoms with van der Waals surface area (Å²) in [7, 11) is 0. The van der Waals surface area contributed by atoms with Crippen LogP contribution in [0.2, 0.25) is 0 Å². The van der Waals surface area contributed by atoms with Gasteiger partial charge in [0, 0.05) is 23.4 Å². The molecule has 0 saturated heterocycles. The van der Waals surface area contributed by atoms with Crippen LogP contribution in [0.25, 0.3) is 6.08 Å². The predicted octanol–water partition coefficient (Wildman–Crippen LogP) is 6.05. The van der Waals surface area contributed by atoms with Crippen LogP contribution in [0.1, 0.15) is 68.9 Å². The lowest BCUT2D eigenvalue weighted by molar-refractivity contribution is -0.141. The van der Waals surface area contributed by atoms with Crippen molar-refractivity contribution in [2.45, 2.75) is 63.9 Å². The van der Waals surface area contributed by atoms with Gasteiger partial charge >= 0.3 is 11.9 Å². The van der Waals surface area contributed by atoms with Gasteiger partial charge in [-0.1, -0.05) is 38.0 Å². The average Bonchev–Trinajstić information content (AvgIpc) is 2.91. The van der Waals surface area contributed by atoms with E-state index < -0.39 is 5.97 Å². The van der Waals surface area contributed by atoms with Crippen LogP contribution >= 0.6 is 0 Å². The smallest absolute Gasteiger partial charge is 0.330 e. The third-order valence-electron chi connectivity index (χ3n) is 6.77. The SMILES string of the molecule is C=CCOC1CCC(C(=O)Oc2ccc(C=CC(=O)OCC(CCCC)c3cc(N)cc(N)c3)cc2)CC1. The molecule has 0 amide bonds. The molecule has 1 unspecified atom stereocenters. The molecule has 0 heterocycles. The van der Waals surface area contributed by atoms with Gasteiger partial charge in [0.15, 0.2) is 0 Å². The van der Waals surface area contributed by atoms with Crippen molar-refractivity contribution in [1.29, 1.82) is 0 Å². The first-order valence-corrected chi connectivity index (χ1v) is 13.4. The third-order valence-corrected chi connectivity index (χ3v) is 6.77. The van der Waals surface area contributed by atoms with Gasteiger partial charge in [0.1, 0.15) is 5.75 Å². The molecule has 204 valence electrons. The van der Waals surface area contributed by atoms with E-state index in [2.05, 4.69) is 13.5 Å². The zero-order valence-corrected chi connectivity index (χ0v) is 22.3. The highest BCUT2D eigenvalue weighted by atomic mass is 16.5. The predicted molar refractivity (Wildman–Crippen MR) is 151 cm³/mol. The maximum atomic E-state index is 12.6. The van der Waals surface area contributed by atoms with Crippen molar-refractivity contribution < 1.29 is 23.8 Å². The Kier molecular flexibility index (Phi) is 11.4. The van der Waals surface area contributed by atoms with Gasteiger partial charge in [0.2, 0.25) is 0 Å². The number of hydrogen-bond acceptors (Lipinski definition) is 7. The number of nitrogens with two attached hydrogens (primary N) is 2. The number of benzene rings is 2. The van der Waals surface area contributed by atoms with Crippen molar-refractivity contribution in [2.24, 2.45) is 5.92 Å². The van der Waals surface area contributed by atoms with Crippen LogP contribution in [0.4, 0.5) is 11.4 Å². The second kappa shape index (κ2) is 15.0. The molecule has 1 atom stereocenters. The summed E-state index contributed by atoms with van der Waals surface area (Å²) in [5, 5.41) is 0. The normalized spacial score (nSPS) is 18.1. The highest BCUT2D eigenvalue weighted by Gasteiger charge is 2.28. The Morgan fingerprint density at radius 1 is 1.05 bits per heavy atom. The van der Waals surface area contributed by atoms with Gasteiger partial charge in [-0.2, -0.15) is 0 Å². The summed E-state index contributed by atoms with van der Waals surface area (Å²) in [5.41, 5.74) is 14.9. The number of hydrogen-bond donors (Lipinski definition) is 2. The summed E-state index contributed by atoms with van der Waals surface area (Å²) in [6.45, 7) is 6.58. The maximum absolute atomic E-state index is 12.6. The molecule has 0 aliphatic heterocycles. The van der Waals surface area contributed by atoms with Crippen LogP contribution in [0.15, 0.2) is 61.2 Å². The lowest BCUT2D eigenvalue weighted by atomic mass is 9.87. The second-order valence-corrected chi connectivity index (χ2v) is 9.82. The number of unbranched alkanes of at least 4 members (excludes halogenated alkanes) is 1. The molecule has 2 aromatic carbocycles. The molecule has 1 aliphatic rings. The number of nitrogen functional groups attached to an aromatic ring is 2. The molecule has 1 fully saturated rings. The van der Waals surface area contributed by atoms with E-state index in [1.54, 1.807) is 42.5 Å². The zero-order chi connectivity index (χ0) is 27.3. The van der Waals surface area contributed by atoms with Crippen LogP contribution in [0.3, 0.4) is 0 Å². The number of carbonyl (C=O) groups excluding carboxylic acids is 2. The van der Waals surface area contributed by atoms with E-state index in [4.69, 9.17) is 25.7 Å². The molecule has 38 heavy (non-hydrogen) atoms. The summed E-state index contributed by atoms with van der Waals surface area (Å²) in [4.78, 5) is 24.9. The van der Waals surface area contributed by atoms with Crippen LogP contribution < -0.4 is 16.2 Å². The second-order valence-electron chi connectivity index (χ2n) is 9.82. The third kappa shape index (κ3) is 9.38. The maximum Gasteiger partial charge on any atom is 0.330 e. The largest absolute Gasteiger partial charge is 0.462 e. The molecule has 1 aliphatic carbocycles. The van der Waals surface area contributed by atoms with E-state index in [-0.39, 0.29) is 30.5 Å². The van der Waals surface area contributed by atoms with Crippen molar-refractivity contribution in [3.05, 3.63) is 72.3 Å². The van der Waals surface area contributed by atoms with Gasteiger partial charge in [-0.15, -0.1) is 6.58 Å². The van der Waals surface area contributed by atoms with Gasteiger partial charge in [0.25, 0.3) is 0 Å². The molecule has 7 heteroatoms. The molecular weight excluding hydrogens is 480 g/mol. The van der Waals surface area contributed by atoms with Crippen LogP contribution in [0, 0.1) is 5.92 Å². The highest BCUT2D eigenvalue weighted by Crippen LogP contribution is 2.29. The van der Waals surface area contributed by atoms with Crippen molar-refractivity contribution in [1.82, 2.24) is 0 Å². The molecule has 0 bridgehead atoms. The van der Waals surface area contributed by atoms with E-state index in [9.17, 15) is 9.59 Å². The Hall–Kier alpha value is -3.58. The number of esters is 2. The average molecular weight is 521 g/mol. The summed E-state index contributed by atoms with van der Waals surface area (Å²) in [6.07, 6.45) is 11.1. The molecule has 2 aromatic rings. The first-order valence-electron chi connectivity index (χ1n) is 13.4. The van der Waals surface area contributed by atoms with Crippen molar-refractivity contribution in [3.63, 3.8) is 0 Å². The molecular formula is C31H40N2O5. The number of anilines is 2. The standard InChI is InChI=1S/C31H40N2O5/c1-3-5-6-24(25-18-26(32)20-27(33)19-25)21-37-30(34)16-9-22-7-12-29(13-8-22)38-31(35)23-10-14-28(15-11-23)36-17-4-2/h4,7-9,12-13,16,18-20,23-24,28H,2-3,5-6,10-11,14-15,17,21,32-33H2,1H3. The Bertz CT molecular complexity index is 1070. The molecule has 1 saturated carbocycles.